The summed E-state index contributed by atoms with van der Waals surface area (Å²) >= 11 is 0. The number of likely N-dealkylation sites (N-methyl/N-ethyl adjacent to an activating group) is 1. The minimum atomic E-state index is -5.08. The summed E-state index contributed by atoms with van der Waals surface area (Å²) in [6.07, 6.45) is -5.38. The van der Waals surface area contributed by atoms with Crippen LogP contribution >= 0.6 is 0 Å². The van der Waals surface area contributed by atoms with E-state index in [0.29, 0.717) is 25.1 Å². The van der Waals surface area contributed by atoms with E-state index in [2.05, 4.69) is 4.90 Å². The number of esters is 2. The molecule has 214 valence electrons. The number of carbonyl (C=O) groups is 3. The first kappa shape index (κ1) is 28.6. The Bertz CT molecular complexity index is 1230. The highest BCUT2D eigenvalue weighted by atomic mass is 19.4. The third-order valence-corrected chi connectivity index (χ3v) is 7.78. The second kappa shape index (κ2) is 9.68. The summed E-state index contributed by atoms with van der Waals surface area (Å²) in [5, 5.41) is 39.0. The molecule has 0 saturated carbocycles. The van der Waals surface area contributed by atoms with Crippen LogP contribution in [-0.2, 0) is 35.7 Å². The Hall–Kier alpha value is -3.36. The number of aliphatic hydroxyl groups excluding tert-OH is 1. The molecule has 6 atom stereocenters. The second-order valence-electron chi connectivity index (χ2n) is 10.1. The number of rotatable bonds is 4. The fraction of sp³-hybridized carbons (Fsp3) is 0.560. The Morgan fingerprint density at radius 3 is 2.44 bits per heavy atom. The van der Waals surface area contributed by atoms with E-state index >= 15 is 0 Å². The summed E-state index contributed by atoms with van der Waals surface area (Å²) in [7, 11) is 1.99. The lowest BCUT2D eigenvalue weighted by Gasteiger charge is -2.61. The van der Waals surface area contributed by atoms with Gasteiger partial charge in [0.25, 0.3) is 0 Å². The van der Waals surface area contributed by atoms with Crippen molar-refractivity contribution in [3.05, 3.63) is 35.1 Å². The van der Waals surface area contributed by atoms with Crippen molar-refractivity contribution in [3.63, 3.8) is 0 Å². The zero-order chi connectivity index (χ0) is 29.1. The first-order chi connectivity index (χ1) is 18.0. The van der Waals surface area contributed by atoms with E-state index in [1.807, 2.05) is 13.1 Å². The fourth-order valence-corrected chi connectivity index (χ4v) is 5.96. The lowest BCUT2D eigenvalue weighted by atomic mass is 9.50. The number of carboxylic acid groups (broad SMARTS) is 1. The molecule has 5 rings (SSSR count). The van der Waals surface area contributed by atoms with Crippen LogP contribution < -0.4 is 4.74 Å². The van der Waals surface area contributed by atoms with Crippen LogP contribution in [0.4, 0.5) is 13.2 Å². The van der Waals surface area contributed by atoms with Gasteiger partial charge in [-0.25, -0.2) is 14.4 Å². The van der Waals surface area contributed by atoms with Crippen LogP contribution in [0.5, 0.6) is 11.5 Å². The second-order valence-corrected chi connectivity index (χ2v) is 10.1. The quantitative estimate of drug-likeness (QED) is 0.392. The molecule has 1 fully saturated rings. The minimum Gasteiger partial charge on any atom is -0.504 e. The van der Waals surface area contributed by atoms with Gasteiger partial charge in [0, 0.05) is 18.0 Å². The number of aromatic hydroxyl groups is 1. The number of aliphatic carboxylic acids is 1. The molecule has 1 saturated heterocycles. The van der Waals surface area contributed by atoms with Gasteiger partial charge in [-0.3, -0.25) is 0 Å². The Morgan fingerprint density at radius 1 is 1.21 bits per heavy atom. The van der Waals surface area contributed by atoms with Crippen LogP contribution in [0, 0.1) is 0 Å². The van der Waals surface area contributed by atoms with Crippen LogP contribution in [0.1, 0.15) is 37.8 Å². The normalized spacial score (nSPS) is 29.9. The van der Waals surface area contributed by atoms with Gasteiger partial charge in [0.1, 0.15) is 11.9 Å². The van der Waals surface area contributed by atoms with Crippen molar-refractivity contribution < 1.29 is 62.2 Å². The number of likely N-dealkylation sites (tertiary alicyclic amines) is 1. The van der Waals surface area contributed by atoms with E-state index in [-0.39, 0.29) is 24.0 Å². The molecule has 1 unspecified atom stereocenters. The molecular weight excluding hydrogens is 531 g/mol. The van der Waals surface area contributed by atoms with E-state index in [9.17, 15) is 38.1 Å². The molecule has 2 bridgehead atoms. The molecular formula is C25H28F3NO10. The van der Waals surface area contributed by atoms with Crippen molar-refractivity contribution in [1.29, 1.82) is 0 Å². The largest absolute Gasteiger partial charge is 0.504 e. The minimum absolute atomic E-state index is 0.0165. The topological polar surface area (TPSA) is 163 Å². The zero-order valence-corrected chi connectivity index (χ0v) is 21.2. The number of halogens is 3. The molecule has 39 heavy (non-hydrogen) atoms. The van der Waals surface area contributed by atoms with Crippen LogP contribution in [0.25, 0.3) is 0 Å². The lowest BCUT2D eigenvalue weighted by molar-refractivity contribution is -0.192. The highest BCUT2D eigenvalue weighted by Crippen LogP contribution is 2.65. The molecule has 0 radical (unpaired) electrons. The highest BCUT2D eigenvalue weighted by Gasteiger charge is 2.72. The van der Waals surface area contributed by atoms with Gasteiger partial charge < -0.3 is 39.5 Å². The molecule has 14 heteroatoms. The number of carbonyl (C=O) groups excluding carboxylic acids is 2. The number of phenols is 1. The molecule has 1 spiro atoms. The van der Waals surface area contributed by atoms with Crippen LogP contribution in [0.3, 0.4) is 0 Å². The third kappa shape index (κ3) is 4.49. The molecule has 2 aliphatic heterocycles. The van der Waals surface area contributed by atoms with Gasteiger partial charge in [-0.1, -0.05) is 6.07 Å². The average Bonchev–Trinajstić information content (AvgIpc) is 3.20. The van der Waals surface area contributed by atoms with E-state index in [4.69, 9.17) is 24.1 Å². The number of alkyl halides is 3. The molecule has 1 aromatic carbocycles. The van der Waals surface area contributed by atoms with Gasteiger partial charge in [0.15, 0.2) is 23.7 Å². The van der Waals surface area contributed by atoms with Crippen molar-refractivity contribution in [3.8, 4) is 11.5 Å². The molecule has 1 aromatic rings. The van der Waals surface area contributed by atoms with Gasteiger partial charge in [0.2, 0.25) is 0 Å². The van der Waals surface area contributed by atoms with Gasteiger partial charge in [-0.2, -0.15) is 13.2 Å². The van der Waals surface area contributed by atoms with Gasteiger partial charge in [0.05, 0.1) is 11.0 Å². The predicted molar refractivity (Wildman–Crippen MR) is 124 cm³/mol. The Kier molecular flexibility index (Phi) is 7.11. The Morgan fingerprint density at radius 2 is 1.85 bits per heavy atom. The maximum atomic E-state index is 12.7. The number of aliphatic hydroxyl groups is 2. The summed E-state index contributed by atoms with van der Waals surface area (Å²) in [6.45, 7) is 3.32. The number of hydrogen-bond donors (Lipinski definition) is 4. The third-order valence-electron chi connectivity index (χ3n) is 7.78. The van der Waals surface area contributed by atoms with Crippen molar-refractivity contribution >= 4 is 17.9 Å². The smallest absolute Gasteiger partial charge is 0.490 e. The molecule has 0 aromatic heterocycles. The Labute approximate surface area is 220 Å². The van der Waals surface area contributed by atoms with E-state index in [0.717, 1.165) is 11.1 Å². The number of hydrogen-bond acceptors (Lipinski definition) is 10. The number of carboxylic acids is 1. The lowest BCUT2D eigenvalue weighted by Crippen LogP contribution is -2.74. The van der Waals surface area contributed by atoms with Crippen molar-refractivity contribution in [2.75, 3.05) is 13.6 Å². The molecule has 4 aliphatic rings. The van der Waals surface area contributed by atoms with E-state index in [1.165, 1.54) is 13.8 Å². The summed E-state index contributed by atoms with van der Waals surface area (Å²) in [5.74, 6) is -3.96. The first-order valence-corrected chi connectivity index (χ1v) is 12.1. The number of phenolic OH excluding ortho intramolecular Hbond substituents is 1. The van der Waals surface area contributed by atoms with Crippen molar-refractivity contribution in [2.45, 2.75) is 74.7 Å². The van der Waals surface area contributed by atoms with Gasteiger partial charge in [-0.05, 0) is 58.0 Å². The standard InChI is InChI=1S/C23H27NO8.C2HF3O2/c1-11(25)20(27)30-12(2)21(28)31-15-6-7-23(29)16-10-13-4-5-14(26)18-17(13)22(23,19(15)32-18)8-9-24(16)3;3-2(4,5)1(6)7/h4-6,11-12,16,19,25-26,29H,7-10H2,1-3H3;(H,6,7)/t11-,12-,16?,19-,22-,23-;/m0./s1. The summed E-state index contributed by atoms with van der Waals surface area (Å²) in [4.78, 5) is 35.3. The predicted octanol–water partition coefficient (Wildman–Crippen LogP) is 1.16. The first-order valence-electron chi connectivity index (χ1n) is 12.1. The number of nitrogens with zero attached hydrogens (tertiary/aromatic N) is 1. The zero-order valence-electron chi connectivity index (χ0n) is 21.2. The highest BCUT2D eigenvalue weighted by molar-refractivity contribution is 5.81. The van der Waals surface area contributed by atoms with Crippen LogP contribution in [0.2, 0.25) is 0 Å². The molecule has 11 nitrogen and oxygen atoms in total. The van der Waals surface area contributed by atoms with Crippen molar-refractivity contribution in [2.24, 2.45) is 0 Å². The SMILES string of the molecule is C[C@H](O)C(=O)O[C@@H](C)C(=O)OC1=CC[C@]2(O)C3Cc4ccc(O)c5c4[C@@]2(CCN3C)[C@H]1O5.O=C(O)C(F)(F)F. The van der Waals surface area contributed by atoms with Crippen LogP contribution in [-0.4, -0.2) is 93.0 Å². The van der Waals surface area contributed by atoms with Crippen LogP contribution in [0.15, 0.2) is 24.0 Å². The van der Waals surface area contributed by atoms with Gasteiger partial charge in [-0.15, -0.1) is 0 Å². The fourth-order valence-electron chi connectivity index (χ4n) is 5.96. The maximum absolute atomic E-state index is 12.7. The summed E-state index contributed by atoms with van der Waals surface area (Å²) in [6, 6.07) is 3.31. The summed E-state index contributed by atoms with van der Waals surface area (Å²) in [5.41, 5.74) is -0.217. The molecule has 0 amide bonds. The Balaban J connectivity index is 0.000000448. The monoisotopic (exact) mass is 559 g/mol. The molecule has 4 N–H and O–H groups in total. The molecule has 2 aliphatic carbocycles. The maximum Gasteiger partial charge on any atom is 0.490 e. The number of ether oxygens (including phenoxy) is 3. The number of piperidine rings is 1. The van der Waals surface area contributed by atoms with E-state index in [1.54, 1.807) is 12.1 Å². The number of benzene rings is 1. The van der Waals surface area contributed by atoms with Crippen molar-refractivity contribution in [1.82, 2.24) is 4.90 Å². The average molecular weight is 559 g/mol. The van der Waals surface area contributed by atoms with Gasteiger partial charge >= 0.3 is 24.1 Å². The summed E-state index contributed by atoms with van der Waals surface area (Å²) < 4.78 is 48.5. The van der Waals surface area contributed by atoms with E-state index < -0.39 is 53.4 Å². The molecule has 2 heterocycles.